The molecule has 2 aromatic heterocycles. The van der Waals surface area contributed by atoms with Gasteiger partial charge in [0.05, 0.1) is 12.8 Å². The fourth-order valence-electron chi connectivity index (χ4n) is 1.36. The van der Waals surface area contributed by atoms with Crippen molar-refractivity contribution in [2.24, 2.45) is 0 Å². The lowest BCUT2D eigenvalue weighted by Gasteiger charge is -1.95. The molecule has 18 heavy (non-hydrogen) atoms. The summed E-state index contributed by atoms with van der Waals surface area (Å²) in [6.07, 6.45) is 1.62. The van der Waals surface area contributed by atoms with E-state index in [0.717, 1.165) is 0 Å². The molecule has 0 aliphatic rings. The second-order valence-corrected chi connectivity index (χ2v) is 3.74. The molecule has 0 fully saturated rings. The third-order valence-corrected chi connectivity index (χ3v) is 2.29. The van der Waals surface area contributed by atoms with Crippen molar-refractivity contribution in [1.29, 1.82) is 0 Å². The lowest BCUT2D eigenvalue weighted by atomic mass is 10.4. The van der Waals surface area contributed by atoms with Crippen LogP contribution in [-0.2, 0) is 9.53 Å². The maximum Gasteiger partial charge on any atom is 0.317 e. The normalized spacial score (nSPS) is 9.89. The average Bonchev–Trinajstić information content (AvgIpc) is 2.72. The minimum Gasteiger partial charge on any atom is -0.465 e. The van der Waals surface area contributed by atoms with Crippen LogP contribution in [0.25, 0.3) is 5.65 Å². The molecule has 2 aromatic rings. The number of hydrogen-bond donors (Lipinski definition) is 0. The summed E-state index contributed by atoms with van der Waals surface area (Å²) in [5, 5.41) is 4.43. The van der Waals surface area contributed by atoms with Crippen LogP contribution in [0.3, 0.4) is 0 Å². The van der Waals surface area contributed by atoms with Crippen LogP contribution in [0.2, 0.25) is 5.15 Å². The molecule has 0 aromatic carbocycles. The van der Waals surface area contributed by atoms with Crippen LogP contribution < -0.4 is 0 Å². The maximum atomic E-state index is 11.1. The fourth-order valence-corrected chi connectivity index (χ4v) is 1.49. The molecule has 0 N–H and O–H groups in total. The summed E-state index contributed by atoms with van der Waals surface area (Å²) in [5.74, 6) is 5.19. The zero-order chi connectivity index (χ0) is 13.0. The molecule has 0 unspecified atom stereocenters. The molecular weight excluding hydrogens is 254 g/mol. The van der Waals surface area contributed by atoms with Crippen LogP contribution in [0.5, 0.6) is 0 Å². The maximum absolute atomic E-state index is 11.1. The Hall–Kier alpha value is -2.06. The van der Waals surface area contributed by atoms with Crippen LogP contribution in [0.15, 0.2) is 18.3 Å². The zero-order valence-corrected chi connectivity index (χ0v) is 10.4. The molecule has 0 atom stereocenters. The van der Waals surface area contributed by atoms with Crippen molar-refractivity contribution in [3.63, 3.8) is 0 Å². The van der Waals surface area contributed by atoms with E-state index in [0.29, 0.717) is 23.1 Å². The largest absolute Gasteiger partial charge is 0.465 e. The molecule has 0 bridgehead atoms. The first kappa shape index (κ1) is 12.4. The highest BCUT2D eigenvalue weighted by Crippen LogP contribution is 2.08. The van der Waals surface area contributed by atoms with Crippen molar-refractivity contribution in [1.82, 2.24) is 14.6 Å². The second-order valence-electron chi connectivity index (χ2n) is 3.35. The number of nitrogens with zero attached hydrogens (tertiary/aromatic N) is 3. The summed E-state index contributed by atoms with van der Waals surface area (Å²) in [7, 11) is 0. The number of imidazole rings is 1. The Labute approximate surface area is 109 Å². The Morgan fingerprint density at radius 1 is 1.56 bits per heavy atom. The fraction of sp³-hybridized carbons (Fsp3) is 0.250. The van der Waals surface area contributed by atoms with Gasteiger partial charge in [-0.2, -0.15) is 5.10 Å². The summed E-state index contributed by atoms with van der Waals surface area (Å²) < 4.78 is 6.30. The van der Waals surface area contributed by atoms with Crippen molar-refractivity contribution < 1.29 is 9.53 Å². The van der Waals surface area contributed by atoms with E-state index >= 15 is 0 Å². The van der Waals surface area contributed by atoms with Crippen LogP contribution in [0.4, 0.5) is 0 Å². The first-order valence-corrected chi connectivity index (χ1v) is 5.73. The van der Waals surface area contributed by atoms with Gasteiger partial charge in [-0.25, -0.2) is 9.50 Å². The third kappa shape index (κ3) is 2.79. The van der Waals surface area contributed by atoms with Gasteiger partial charge in [-0.3, -0.25) is 4.79 Å². The first-order valence-electron chi connectivity index (χ1n) is 5.35. The van der Waals surface area contributed by atoms with Gasteiger partial charge in [0.25, 0.3) is 0 Å². The second kappa shape index (κ2) is 5.52. The summed E-state index contributed by atoms with van der Waals surface area (Å²) in [4.78, 5) is 15.2. The predicted molar refractivity (Wildman–Crippen MR) is 66.1 cm³/mol. The average molecular weight is 264 g/mol. The summed E-state index contributed by atoms with van der Waals surface area (Å²) in [5.41, 5.74) is 1.23. The van der Waals surface area contributed by atoms with Crippen LogP contribution in [0, 0.1) is 11.8 Å². The molecule has 0 radical (unpaired) electrons. The van der Waals surface area contributed by atoms with E-state index in [4.69, 9.17) is 16.3 Å². The van der Waals surface area contributed by atoms with Gasteiger partial charge >= 0.3 is 5.97 Å². The van der Waals surface area contributed by atoms with E-state index in [9.17, 15) is 4.79 Å². The van der Waals surface area contributed by atoms with Crippen molar-refractivity contribution in [3.8, 4) is 11.8 Å². The number of carbonyl (C=O) groups is 1. The van der Waals surface area contributed by atoms with Crippen LogP contribution >= 0.6 is 11.6 Å². The highest BCUT2D eigenvalue weighted by atomic mass is 35.5. The Kier molecular flexibility index (Phi) is 3.80. The lowest BCUT2D eigenvalue weighted by molar-refractivity contribution is -0.141. The minimum atomic E-state index is -0.343. The van der Waals surface area contributed by atoms with Crippen molar-refractivity contribution in [3.05, 3.63) is 29.2 Å². The molecule has 6 heteroatoms. The highest BCUT2D eigenvalue weighted by molar-refractivity contribution is 6.29. The Bertz CT molecular complexity index is 640. The smallest absolute Gasteiger partial charge is 0.317 e. The van der Waals surface area contributed by atoms with Crippen molar-refractivity contribution in [2.45, 2.75) is 13.3 Å². The van der Waals surface area contributed by atoms with E-state index in [2.05, 4.69) is 21.9 Å². The number of fused-ring (bicyclic) bond motifs is 1. The van der Waals surface area contributed by atoms with Gasteiger partial charge in [0.2, 0.25) is 0 Å². The van der Waals surface area contributed by atoms with E-state index in [1.54, 1.807) is 25.3 Å². The Morgan fingerprint density at radius 3 is 3.17 bits per heavy atom. The summed E-state index contributed by atoms with van der Waals surface area (Å²) in [6, 6.07) is 3.39. The number of halogens is 1. The first-order chi connectivity index (χ1) is 8.70. The standard InChI is InChI=1S/C12H10ClN3O2/c1-2-18-12(17)5-3-4-9-8-14-11-7-6-10(13)15-16(9)11/h6-8H,2,5H2,1H3. The third-order valence-electron chi connectivity index (χ3n) is 2.08. The molecule has 2 heterocycles. The molecule has 0 amide bonds. The molecular formula is C12H10ClN3O2. The number of hydrogen-bond acceptors (Lipinski definition) is 4. The predicted octanol–water partition coefficient (Wildman–Crippen LogP) is 1.69. The molecule has 0 saturated carbocycles. The summed E-state index contributed by atoms with van der Waals surface area (Å²) in [6.45, 7) is 2.11. The van der Waals surface area contributed by atoms with Gasteiger partial charge in [0.15, 0.2) is 5.65 Å². The van der Waals surface area contributed by atoms with Crippen molar-refractivity contribution in [2.75, 3.05) is 6.61 Å². The van der Waals surface area contributed by atoms with Crippen molar-refractivity contribution >= 4 is 23.2 Å². The quantitative estimate of drug-likeness (QED) is 0.611. The Morgan fingerprint density at radius 2 is 2.39 bits per heavy atom. The molecule has 5 nitrogen and oxygen atoms in total. The minimum absolute atomic E-state index is 0.0433. The monoisotopic (exact) mass is 263 g/mol. The van der Waals surface area contributed by atoms with Crippen LogP contribution in [0.1, 0.15) is 19.0 Å². The molecule has 2 rings (SSSR count). The number of rotatable bonds is 2. The number of carbonyl (C=O) groups excluding carboxylic acids is 1. The number of ether oxygens (including phenoxy) is 1. The SMILES string of the molecule is CCOC(=O)CC#Cc1cnc2ccc(Cl)nn12. The molecule has 92 valence electrons. The van der Waals surface area contributed by atoms with Gasteiger partial charge < -0.3 is 4.74 Å². The topological polar surface area (TPSA) is 56.5 Å². The lowest BCUT2D eigenvalue weighted by Crippen LogP contribution is -2.01. The molecule has 0 saturated heterocycles. The summed E-state index contributed by atoms with van der Waals surface area (Å²) >= 11 is 5.79. The number of esters is 1. The van der Waals surface area contributed by atoms with Gasteiger partial charge in [-0.05, 0) is 25.0 Å². The van der Waals surface area contributed by atoms with E-state index in [-0.39, 0.29) is 12.4 Å². The molecule has 0 spiro atoms. The van der Waals surface area contributed by atoms with Crippen LogP contribution in [-0.4, -0.2) is 27.2 Å². The molecule has 0 aliphatic carbocycles. The van der Waals surface area contributed by atoms with E-state index in [1.165, 1.54) is 4.52 Å². The van der Waals surface area contributed by atoms with Gasteiger partial charge in [-0.15, -0.1) is 0 Å². The van der Waals surface area contributed by atoms with E-state index in [1.807, 2.05) is 0 Å². The zero-order valence-electron chi connectivity index (χ0n) is 9.68. The highest BCUT2D eigenvalue weighted by Gasteiger charge is 2.02. The van der Waals surface area contributed by atoms with Gasteiger partial charge in [0, 0.05) is 0 Å². The molecule has 0 aliphatic heterocycles. The van der Waals surface area contributed by atoms with Gasteiger partial charge in [-0.1, -0.05) is 17.5 Å². The van der Waals surface area contributed by atoms with E-state index < -0.39 is 0 Å². The number of aromatic nitrogens is 3. The van der Waals surface area contributed by atoms with Gasteiger partial charge in [0.1, 0.15) is 17.3 Å². The Balaban J connectivity index is 2.19.